The first kappa shape index (κ1) is 21.1. The molecule has 0 unspecified atom stereocenters. The van der Waals surface area contributed by atoms with Crippen LogP contribution in [0.1, 0.15) is 24.5 Å². The molecule has 1 N–H and O–H groups in total. The first-order chi connectivity index (χ1) is 14.5. The molecule has 0 aromatic heterocycles. The van der Waals surface area contributed by atoms with Crippen LogP contribution in [0.25, 0.3) is 0 Å². The minimum atomic E-state index is -1.38. The van der Waals surface area contributed by atoms with Crippen molar-refractivity contribution in [1.82, 2.24) is 5.32 Å². The van der Waals surface area contributed by atoms with Crippen LogP contribution in [0.15, 0.2) is 72.5 Å². The van der Waals surface area contributed by atoms with E-state index in [1.54, 1.807) is 6.92 Å². The van der Waals surface area contributed by atoms with E-state index in [0.29, 0.717) is 0 Å². The number of hydrogen-bond acceptors (Lipinski definition) is 6. The van der Waals surface area contributed by atoms with Crippen LogP contribution in [0.4, 0.5) is 4.79 Å². The molecule has 1 aliphatic rings. The Labute approximate surface area is 174 Å². The predicted octanol–water partition coefficient (Wildman–Crippen LogP) is 3.29. The average molecular weight is 409 g/mol. The first-order valence-corrected chi connectivity index (χ1v) is 9.63. The number of esters is 2. The Hall–Kier alpha value is -3.61. The Kier molecular flexibility index (Phi) is 6.85. The van der Waals surface area contributed by atoms with E-state index in [0.717, 1.165) is 17.2 Å². The summed E-state index contributed by atoms with van der Waals surface area (Å²) in [5, 5.41) is 2.67. The number of amides is 1. The van der Waals surface area contributed by atoms with E-state index in [-0.39, 0.29) is 31.8 Å². The number of carbonyl (C=O) groups excluding carboxylic acids is 3. The zero-order valence-electron chi connectivity index (χ0n) is 16.6. The van der Waals surface area contributed by atoms with Gasteiger partial charge in [-0.1, -0.05) is 60.7 Å². The van der Waals surface area contributed by atoms with Crippen LogP contribution >= 0.6 is 0 Å². The Bertz CT molecular complexity index is 925. The van der Waals surface area contributed by atoms with Crippen LogP contribution in [0.5, 0.6) is 0 Å². The third-order valence-electron chi connectivity index (χ3n) is 4.56. The molecule has 0 radical (unpaired) electrons. The molecule has 1 saturated heterocycles. The maximum absolute atomic E-state index is 12.8. The van der Waals surface area contributed by atoms with E-state index in [2.05, 4.69) is 5.32 Å². The van der Waals surface area contributed by atoms with Crippen LogP contribution < -0.4 is 5.32 Å². The van der Waals surface area contributed by atoms with E-state index in [4.69, 9.17) is 14.2 Å². The van der Waals surface area contributed by atoms with Gasteiger partial charge in [-0.15, -0.1) is 0 Å². The molecule has 1 heterocycles. The lowest BCUT2D eigenvalue weighted by Gasteiger charge is -2.25. The fourth-order valence-corrected chi connectivity index (χ4v) is 3.19. The van der Waals surface area contributed by atoms with Gasteiger partial charge in [0.1, 0.15) is 12.4 Å². The van der Waals surface area contributed by atoms with Crippen LogP contribution in [0.2, 0.25) is 0 Å². The lowest BCUT2D eigenvalue weighted by atomic mass is 9.88. The van der Waals surface area contributed by atoms with Crippen molar-refractivity contribution in [3.8, 4) is 0 Å². The minimum absolute atomic E-state index is 0.0139. The molecule has 1 amide bonds. The fraction of sp³-hybridized carbons (Fsp3) is 0.261. The number of benzene rings is 2. The zero-order chi connectivity index (χ0) is 21.4. The summed E-state index contributed by atoms with van der Waals surface area (Å²) in [7, 11) is 0. The molecule has 3 rings (SSSR count). The van der Waals surface area contributed by atoms with Crippen molar-refractivity contribution in [2.24, 2.45) is 0 Å². The summed E-state index contributed by atoms with van der Waals surface area (Å²) < 4.78 is 15.4. The predicted molar refractivity (Wildman–Crippen MR) is 108 cm³/mol. The molecule has 0 aliphatic carbocycles. The smallest absolute Gasteiger partial charge is 0.408 e. The summed E-state index contributed by atoms with van der Waals surface area (Å²) in [5.74, 6) is -1.13. The van der Waals surface area contributed by atoms with Crippen LogP contribution in [-0.4, -0.2) is 30.2 Å². The molecule has 2 aromatic rings. The van der Waals surface area contributed by atoms with Crippen molar-refractivity contribution in [2.45, 2.75) is 31.9 Å². The number of cyclic esters (lactones) is 1. The van der Waals surface area contributed by atoms with Gasteiger partial charge in [0.2, 0.25) is 0 Å². The molecule has 7 nitrogen and oxygen atoms in total. The summed E-state index contributed by atoms with van der Waals surface area (Å²) in [6.45, 7) is 1.95. The second kappa shape index (κ2) is 9.73. The van der Waals surface area contributed by atoms with Crippen molar-refractivity contribution in [2.75, 3.05) is 6.61 Å². The Morgan fingerprint density at radius 2 is 1.67 bits per heavy atom. The molecular weight excluding hydrogens is 386 g/mol. The lowest BCUT2D eigenvalue weighted by Crippen LogP contribution is -2.53. The van der Waals surface area contributed by atoms with E-state index in [1.807, 2.05) is 60.7 Å². The molecule has 156 valence electrons. The third-order valence-corrected chi connectivity index (χ3v) is 4.56. The molecular formula is C23H23NO6. The topological polar surface area (TPSA) is 90.9 Å². The zero-order valence-corrected chi connectivity index (χ0v) is 16.6. The SMILES string of the molecule is CCOC(=O)/C=C1\C[C@@](Cc2ccccc2)(NC(=O)OCc2ccccc2)C(=O)O1. The molecule has 0 spiro atoms. The van der Waals surface area contributed by atoms with E-state index in [9.17, 15) is 14.4 Å². The van der Waals surface area contributed by atoms with Gasteiger partial charge in [-0.2, -0.15) is 0 Å². The molecule has 2 aromatic carbocycles. The van der Waals surface area contributed by atoms with Gasteiger partial charge in [-0.05, 0) is 18.1 Å². The second-order valence-electron chi connectivity index (χ2n) is 6.86. The Morgan fingerprint density at radius 1 is 1.03 bits per heavy atom. The monoisotopic (exact) mass is 409 g/mol. The molecule has 7 heteroatoms. The molecule has 1 aliphatic heterocycles. The number of nitrogens with one attached hydrogen (secondary N) is 1. The molecule has 1 fully saturated rings. The normalized spacial score (nSPS) is 19.2. The van der Waals surface area contributed by atoms with E-state index < -0.39 is 23.6 Å². The number of alkyl carbamates (subject to hydrolysis) is 1. The van der Waals surface area contributed by atoms with E-state index in [1.165, 1.54) is 0 Å². The van der Waals surface area contributed by atoms with E-state index >= 15 is 0 Å². The minimum Gasteiger partial charge on any atom is -0.463 e. The first-order valence-electron chi connectivity index (χ1n) is 9.63. The summed E-state index contributed by atoms with van der Waals surface area (Å²) in [6, 6.07) is 18.4. The molecule has 30 heavy (non-hydrogen) atoms. The highest BCUT2D eigenvalue weighted by Crippen LogP contribution is 2.32. The number of carbonyl (C=O) groups is 3. The molecule has 1 atom stereocenters. The standard InChI is InChI=1S/C23H23NO6/c1-2-28-20(25)13-19-15-23(21(26)30-19,14-17-9-5-3-6-10-17)24-22(27)29-16-18-11-7-4-8-12-18/h3-13H,2,14-16H2,1H3,(H,24,27)/b19-13+/t23-/m1/s1. The molecule has 0 saturated carbocycles. The summed E-state index contributed by atoms with van der Waals surface area (Å²) in [5.41, 5.74) is 0.268. The maximum atomic E-state index is 12.8. The second-order valence-corrected chi connectivity index (χ2v) is 6.86. The number of rotatable bonds is 7. The lowest BCUT2D eigenvalue weighted by molar-refractivity contribution is -0.141. The summed E-state index contributed by atoms with van der Waals surface area (Å²) >= 11 is 0. The fourth-order valence-electron chi connectivity index (χ4n) is 3.19. The van der Waals surface area contributed by atoms with Gasteiger partial charge < -0.3 is 19.5 Å². The van der Waals surface area contributed by atoms with Crippen molar-refractivity contribution in [1.29, 1.82) is 0 Å². The van der Waals surface area contributed by atoms with Gasteiger partial charge in [0.25, 0.3) is 0 Å². The van der Waals surface area contributed by atoms with Crippen LogP contribution in [0.3, 0.4) is 0 Å². The highest BCUT2D eigenvalue weighted by Gasteiger charge is 2.49. The van der Waals surface area contributed by atoms with Crippen molar-refractivity contribution < 1.29 is 28.6 Å². The largest absolute Gasteiger partial charge is 0.463 e. The van der Waals surface area contributed by atoms with Gasteiger partial charge in [0, 0.05) is 12.8 Å². The highest BCUT2D eigenvalue weighted by molar-refractivity contribution is 5.91. The number of hydrogen-bond donors (Lipinski definition) is 1. The summed E-state index contributed by atoms with van der Waals surface area (Å²) in [6.07, 6.45) is 0.586. The molecule has 0 bridgehead atoms. The van der Waals surface area contributed by atoms with Gasteiger partial charge in [-0.3, -0.25) is 0 Å². The Balaban J connectivity index is 1.77. The van der Waals surface area contributed by atoms with Crippen molar-refractivity contribution in [3.05, 3.63) is 83.6 Å². The van der Waals surface area contributed by atoms with Gasteiger partial charge in [0.05, 0.1) is 12.7 Å². The number of ether oxygens (including phenoxy) is 3. The van der Waals surface area contributed by atoms with Crippen molar-refractivity contribution in [3.63, 3.8) is 0 Å². The van der Waals surface area contributed by atoms with Gasteiger partial charge >= 0.3 is 18.0 Å². The Morgan fingerprint density at radius 3 is 2.30 bits per heavy atom. The highest BCUT2D eigenvalue weighted by atomic mass is 16.6. The van der Waals surface area contributed by atoms with Crippen LogP contribution in [-0.2, 0) is 36.8 Å². The quantitative estimate of drug-likeness (QED) is 0.429. The van der Waals surface area contributed by atoms with Crippen molar-refractivity contribution >= 4 is 18.0 Å². The maximum Gasteiger partial charge on any atom is 0.408 e. The van der Waals surface area contributed by atoms with Gasteiger partial charge in [0.15, 0.2) is 5.54 Å². The van der Waals surface area contributed by atoms with Gasteiger partial charge in [-0.25, -0.2) is 14.4 Å². The summed E-state index contributed by atoms with van der Waals surface area (Å²) in [4.78, 5) is 37.0. The van der Waals surface area contributed by atoms with Crippen LogP contribution in [0, 0.1) is 0 Å². The average Bonchev–Trinajstić information content (AvgIpc) is 3.02. The third kappa shape index (κ3) is 5.47.